The molecular formula is C13H22O3. The summed E-state index contributed by atoms with van der Waals surface area (Å²) >= 11 is 0. The molecule has 0 aromatic heterocycles. The number of carbonyl (C=O) groups excluding carboxylic acids is 1. The number of allylic oxidation sites excluding steroid dienone is 2. The van der Waals surface area contributed by atoms with E-state index in [-0.39, 0.29) is 17.6 Å². The van der Waals surface area contributed by atoms with Gasteiger partial charge in [0.1, 0.15) is 5.78 Å². The summed E-state index contributed by atoms with van der Waals surface area (Å²) in [6.45, 7) is 7.26. The third-order valence-corrected chi connectivity index (χ3v) is 2.80. The fourth-order valence-corrected chi connectivity index (χ4v) is 1.42. The highest BCUT2D eigenvalue weighted by molar-refractivity contribution is 5.77. The fraction of sp³-hybridized carbons (Fsp3) is 0.692. The summed E-state index contributed by atoms with van der Waals surface area (Å²) in [5, 5.41) is 8.69. The lowest BCUT2D eigenvalue weighted by Gasteiger charge is -2.11. The smallest absolute Gasteiger partial charge is 0.306 e. The third kappa shape index (κ3) is 6.38. The maximum absolute atomic E-state index is 11.0. The van der Waals surface area contributed by atoms with E-state index < -0.39 is 5.97 Å². The van der Waals surface area contributed by atoms with Gasteiger partial charge in [0, 0.05) is 5.92 Å². The van der Waals surface area contributed by atoms with Crippen molar-refractivity contribution in [3.05, 3.63) is 12.2 Å². The van der Waals surface area contributed by atoms with Gasteiger partial charge >= 0.3 is 5.97 Å². The largest absolute Gasteiger partial charge is 0.481 e. The molecule has 16 heavy (non-hydrogen) atoms. The summed E-state index contributed by atoms with van der Waals surface area (Å²) in [4.78, 5) is 21.6. The Labute approximate surface area is 97.5 Å². The van der Waals surface area contributed by atoms with Crippen molar-refractivity contribution in [2.45, 2.75) is 40.5 Å². The maximum Gasteiger partial charge on any atom is 0.306 e. The fourth-order valence-electron chi connectivity index (χ4n) is 1.42. The van der Waals surface area contributed by atoms with Gasteiger partial charge in [0.2, 0.25) is 0 Å². The lowest BCUT2D eigenvalue weighted by Crippen LogP contribution is -2.10. The van der Waals surface area contributed by atoms with Crippen LogP contribution in [0.5, 0.6) is 0 Å². The summed E-state index contributed by atoms with van der Waals surface area (Å²) in [5.41, 5.74) is 0. The molecule has 0 amide bonds. The van der Waals surface area contributed by atoms with E-state index >= 15 is 0 Å². The third-order valence-electron chi connectivity index (χ3n) is 2.80. The normalized spacial score (nSPS) is 17.0. The quantitative estimate of drug-likeness (QED) is 0.679. The van der Waals surface area contributed by atoms with Crippen LogP contribution in [0.1, 0.15) is 40.5 Å². The van der Waals surface area contributed by atoms with Gasteiger partial charge in [0.15, 0.2) is 0 Å². The number of carboxylic acid groups (broad SMARTS) is 1. The van der Waals surface area contributed by atoms with Crippen LogP contribution < -0.4 is 0 Å². The number of ketones is 1. The molecule has 3 heteroatoms. The summed E-state index contributed by atoms with van der Waals surface area (Å²) in [7, 11) is 0. The van der Waals surface area contributed by atoms with Gasteiger partial charge in [-0.25, -0.2) is 0 Å². The molecule has 0 heterocycles. The van der Waals surface area contributed by atoms with Crippen LogP contribution in [0.2, 0.25) is 0 Å². The van der Waals surface area contributed by atoms with E-state index in [1.165, 1.54) is 0 Å². The lowest BCUT2D eigenvalue weighted by atomic mass is 9.93. The van der Waals surface area contributed by atoms with Crippen molar-refractivity contribution >= 4 is 11.8 Å². The second-order valence-electron chi connectivity index (χ2n) is 4.63. The Morgan fingerprint density at radius 1 is 1.19 bits per heavy atom. The van der Waals surface area contributed by atoms with Gasteiger partial charge in [-0.2, -0.15) is 0 Å². The van der Waals surface area contributed by atoms with Crippen LogP contribution in [0.25, 0.3) is 0 Å². The summed E-state index contributed by atoms with van der Waals surface area (Å²) < 4.78 is 0. The first kappa shape index (κ1) is 14.9. The topological polar surface area (TPSA) is 54.4 Å². The molecule has 3 atom stereocenters. The molecule has 0 spiro atoms. The molecule has 0 saturated carbocycles. The van der Waals surface area contributed by atoms with E-state index in [0.29, 0.717) is 12.3 Å². The molecule has 0 saturated heterocycles. The van der Waals surface area contributed by atoms with Gasteiger partial charge < -0.3 is 5.11 Å². The van der Waals surface area contributed by atoms with Crippen LogP contribution in [0.15, 0.2) is 12.2 Å². The molecular weight excluding hydrogens is 204 g/mol. The number of Topliss-reactive ketones (excluding diaryl/α,β-unsaturated/α-hetero) is 1. The molecule has 3 nitrogen and oxygen atoms in total. The minimum absolute atomic E-state index is 0.0801. The van der Waals surface area contributed by atoms with Crippen LogP contribution in [-0.2, 0) is 9.59 Å². The van der Waals surface area contributed by atoms with Crippen molar-refractivity contribution in [1.29, 1.82) is 0 Å². The summed E-state index contributed by atoms with van der Waals surface area (Å²) in [5.74, 6) is -0.501. The van der Waals surface area contributed by atoms with Crippen molar-refractivity contribution in [2.24, 2.45) is 17.8 Å². The summed E-state index contributed by atoms with van der Waals surface area (Å²) in [6, 6.07) is 0. The Kier molecular flexibility index (Phi) is 6.70. The Bertz CT molecular complexity index is 268. The van der Waals surface area contributed by atoms with E-state index in [9.17, 15) is 9.59 Å². The SMILES string of the molecule is CC(=O)C(C)CC(C)C=CCC(C)C(=O)O. The van der Waals surface area contributed by atoms with Gasteiger partial charge in [-0.15, -0.1) is 0 Å². The molecule has 0 aliphatic heterocycles. The van der Waals surface area contributed by atoms with Crippen molar-refractivity contribution in [2.75, 3.05) is 0 Å². The van der Waals surface area contributed by atoms with E-state index in [4.69, 9.17) is 5.11 Å². The number of hydrogen-bond acceptors (Lipinski definition) is 2. The zero-order chi connectivity index (χ0) is 12.7. The van der Waals surface area contributed by atoms with Crippen LogP contribution in [0.4, 0.5) is 0 Å². The number of carboxylic acids is 1. The lowest BCUT2D eigenvalue weighted by molar-refractivity contribution is -0.141. The molecule has 0 aliphatic carbocycles. The zero-order valence-corrected chi connectivity index (χ0v) is 10.6. The number of aliphatic carboxylic acids is 1. The Morgan fingerprint density at radius 3 is 2.19 bits per heavy atom. The molecule has 3 unspecified atom stereocenters. The van der Waals surface area contributed by atoms with Gasteiger partial charge in [-0.3, -0.25) is 9.59 Å². The molecule has 1 N–H and O–H groups in total. The predicted octanol–water partition coefficient (Wildman–Crippen LogP) is 2.90. The Balaban J connectivity index is 3.95. The molecule has 0 radical (unpaired) electrons. The first-order chi connectivity index (χ1) is 7.34. The first-order valence-electron chi connectivity index (χ1n) is 5.74. The van der Waals surface area contributed by atoms with Crippen molar-refractivity contribution in [3.63, 3.8) is 0 Å². The highest BCUT2D eigenvalue weighted by atomic mass is 16.4. The molecule has 0 aliphatic rings. The number of carbonyl (C=O) groups is 2. The Morgan fingerprint density at radius 2 is 1.75 bits per heavy atom. The van der Waals surface area contributed by atoms with Gasteiger partial charge in [0.25, 0.3) is 0 Å². The molecule has 0 aromatic carbocycles. The number of hydrogen-bond donors (Lipinski definition) is 1. The van der Waals surface area contributed by atoms with Crippen LogP contribution >= 0.6 is 0 Å². The second-order valence-corrected chi connectivity index (χ2v) is 4.63. The van der Waals surface area contributed by atoms with Crippen LogP contribution in [0, 0.1) is 17.8 Å². The van der Waals surface area contributed by atoms with Gasteiger partial charge in [0.05, 0.1) is 5.92 Å². The van der Waals surface area contributed by atoms with E-state index in [2.05, 4.69) is 0 Å². The average molecular weight is 226 g/mol. The minimum Gasteiger partial charge on any atom is -0.481 e. The van der Waals surface area contributed by atoms with Crippen LogP contribution in [0.3, 0.4) is 0 Å². The van der Waals surface area contributed by atoms with Gasteiger partial charge in [-0.1, -0.05) is 32.9 Å². The molecule has 0 bridgehead atoms. The van der Waals surface area contributed by atoms with Crippen LogP contribution in [-0.4, -0.2) is 16.9 Å². The zero-order valence-electron chi connectivity index (χ0n) is 10.6. The molecule has 0 aromatic rings. The second kappa shape index (κ2) is 7.20. The standard InChI is InChI=1S/C13H22O3/c1-9(8-11(3)12(4)14)6-5-7-10(2)13(15)16/h5-6,9-11H,7-8H2,1-4H3,(H,15,16). The molecule has 92 valence electrons. The molecule has 0 fully saturated rings. The first-order valence-corrected chi connectivity index (χ1v) is 5.74. The number of rotatable bonds is 7. The Hall–Kier alpha value is -1.12. The monoisotopic (exact) mass is 226 g/mol. The molecule has 0 rings (SSSR count). The average Bonchev–Trinajstić information content (AvgIpc) is 2.16. The maximum atomic E-state index is 11.0. The van der Waals surface area contributed by atoms with E-state index in [1.807, 2.05) is 26.0 Å². The van der Waals surface area contributed by atoms with Crippen molar-refractivity contribution < 1.29 is 14.7 Å². The minimum atomic E-state index is -0.769. The van der Waals surface area contributed by atoms with Crippen molar-refractivity contribution in [3.8, 4) is 0 Å². The highest BCUT2D eigenvalue weighted by Gasteiger charge is 2.11. The van der Waals surface area contributed by atoms with Crippen molar-refractivity contribution in [1.82, 2.24) is 0 Å². The summed E-state index contributed by atoms with van der Waals surface area (Å²) in [6.07, 6.45) is 5.27. The van der Waals surface area contributed by atoms with E-state index in [1.54, 1.807) is 13.8 Å². The van der Waals surface area contributed by atoms with E-state index in [0.717, 1.165) is 6.42 Å². The predicted molar refractivity (Wildman–Crippen MR) is 64.2 cm³/mol. The van der Waals surface area contributed by atoms with Gasteiger partial charge in [-0.05, 0) is 25.7 Å². The highest BCUT2D eigenvalue weighted by Crippen LogP contribution is 2.14.